The Hall–Kier alpha value is -3.25. The van der Waals surface area contributed by atoms with Gasteiger partial charge in [0.25, 0.3) is 0 Å². The van der Waals surface area contributed by atoms with Crippen molar-refractivity contribution < 1.29 is 14.0 Å². The zero-order chi connectivity index (χ0) is 22.7. The standard InChI is InChI=1S/C25H23ClFN3O2/c1-16(31)30(15-18-2-3-18)24-11-6-19(13-22(24)26)23-10-9-21(14-28-23)29-25(32)12-17-4-7-20(27)8-5-17/h4-11,13-14,18H,2-3,12,15H2,1H3,(H,29,32). The van der Waals surface area contributed by atoms with Crippen molar-refractivity contribution in [1.29, 1.82) is 0 Å². The van der Waals surface area contributed by atoms with E-state index in [0.717, 1.165) is 24.0 Å². The van der Waals surface area contributed by atoms with Gasteiger partial charge in [-0.3, -0.25) is 14.6 Å². The van der Waals surface area contributed by atoms with Crippen LogP contribution in [-0.2, 0) is 16.0 Å². The van der Waals surface area contributed by atoms with E-state index >= 15 is 0 Å². The van der Waals surface area contributed by atoms with E-state index < -0.39 is 0 Å². The van der Waals surface area contributed by atoms with E-state index in [-0.39, 0.29) is 24.1 Å². The van der Waals surface area contributed by atoms with Gasteiger partial charge in [-0.05, 0) is 60.7 Å². The highest BCUT2D eigenvalue weighted by atomic mass is 35.5. The maximum atomic E-state index is 13.0. The van der Waals surface area contributed by atoms with Crippen molar-refractivity contribution >= 4 is 34.8 Å². The van der Waals surface area contributed by atoms with Gasteiger partial charge < -0.3 is 10.2 Å². The largest absolute Gasteiger partial charge is 0.324 e. The van der Waals surface area contributed by atoms with Crippen molar-refractivity contribution in [1.82, 2.24) is 4.98 Å². The second kappa shape index (κ2) is 9.49. The molecular formula is C25H23ClFN3O2. The zero-order valence-corrected chi connectivity index (χ0v) is 18.4. The maximum absolute atomic E-state index is 13.0. The SMILES string of the molecule is CC(=O)N(CC1CC1)c1ccc(-c2ccc(NC(=O)Cc3ccc(F)cc3)cn2)cc1Cl. The summed E-state index contributed by atoms with van der Waals surface area (Å²) in [5.41, 5.74) is 3.52. The quantitative estimate of drug-likeness (QED) is 0.517. The van der Waals surface area contributed by atoms with Crippen LogP contribution in [0.15, 0.2) is 60.8 Å². The van der Waals surface area contributed by atoms with Gasteiger partial charge in [0.15, 0.2) is 0 Å². The third-order valence-corrected chi connectivity index (χ3v) is 5.68. The summed E-state index contributed by atoms with van der Waals surface area (Å²) in [4.78, 5) is 30.5. The van der Waals surface area contributed by atoms with Crippen LogP contribution in [0.3, 0.4) is 0 Å². The molecule has 0 saturated heterocycles. The van der Waals surface area contributed by atoms with Crippen molar-refractivity contribution in [2.75, 3.05) is 16.8 Å². The third kappa shape index (κ3) is 5.51. The number of amides is 2. The van der Waals surface area contributed by atoms with Crippen LogP contribution in [0.5, 0.6) is 0 Å². The Morgan fingerprint density at radius 2 is 1.88 bits per heavy atom. The molecule has 0 aliphatic heterocycles. The van der Waals surface area contributed by atoms with E-state index in [2.05, 4.69) is 10.3 Å². The van der Waals surface area contributed by atoms with Crippen LogP contribution < -0.4 is 10.2 Å². The average molecular weight is 452 g/mol. The molecule has 1 N–H and O–H groups in total. The van der Waals surface area contributed by atoms with E-state index in [1.807, 2.05) is 12.1 Å². The van der Waals surface area contributed by atoms with Crippen LogP contribution in [0.4, 0.5) is 15.8 Å². The lowest BCUT2D eigenvalue weighted by Crippen LogP contribution is -2.30. The number of benzene rings is 2. The summed E-state index contributed by atoms with van der Waals surface area (Å²) in [5.74, 6) is -0.00919. The van der Waals surface area contributed by atoms with E-state index in [1.165, 1.54) is 12.1 Å². The Bertz CT molecular complexity index is 1130. The number of aromatic nitrogens is 1. The summed E-state index contributed by atoms with van der Waals surface area (Å²) in [6.07, 6.45) is 4.02. The minimum Gasteiger partial charge on any atom is -0.324 e. The number of anilines is 2. The minimum atomic E-state index is -0.334. The second-order valence-corrected chi connectivity index (χ2v) is 8.43. The first-order valence-electron chi connectivity index (χ1n) is 10.5. The first kappa shape index (κ1) is 22.0. The molecule has 2 amide bonds. The number of hydrogen-bond donors (Lipinski definition) is 1. The third-order valence-electron chi connectivity index (χ3n) is 5.38. The van der Waals surface area contributed by atoms with E-state index in [4.69, 9.17) is 11.6 Å². The Labute approximate surface area is 191 Å². The Morgan fingerprint density at radius 3 is 2.47 bits per heavy atom. The van der Waals surface area contributed by atoms with Crippen LogP contribution in [0.2, 0.25) is 5.02 Å². The van der Waals surface area contributed by atoms with Gasteiger partial charge in [0, 0.05) is 19.0 Å². The van der Waals surface area contributed by atoms with Crippen LogP contribution in [-0.4, -0.2) is 23.3 Å². The van der Waals surface area contributed by atoms with E-state index in [0.29, 0.717) is 34.6 Å². The first-order valence-corrected chi connectivity index (χ1v) is 10.9. The number of carbonyl (C=O) groups is 2. The molecule has 0 unspecified atom stereocenters. The number of rotatable bonds is 7. The van der Waals surface area contributed by atoms with Gasteiger partial charge >= 0.3 is 0 Å². The number of carbonyl (C=O) groups excluding carboxylic acids is 2. The van der Waals surface area contributed by atoms with Crippen LogP contribution >= 0.6 is 11.6 Å². The fourth-order valence-corrected chi connectivity index (χ4v) is 3.75. The molecule has 3 aromatic rings. The fourth-order valence-electron chi connectivity index (χ4n) is 3.47. The number of nitrogens with zero attached hydrogens (tertiary/aromatic N) is 2. The fraction of sp³-hybridized carbons (Fsp3) is 0.240. The molecule has 1 aliphatic carbocycles. The van der Waals surface area contributed by atoms with Gasteiger partial charge in [0.05, 0.1) is 34.7 Å². The Morgan fingerprint density at radius 1 is 1.12 bits per heavy atom. The molecule has 1 aliphatic rings. The lowest BCUT2D eigenvalue weighted by atomic mass is 10.1. The molecule has 32 heavy (non-hydrogen) atoms. The number of hydrogen-bond acceptors (Lipinski definition) is 3. The molecule has 1 heterocycles. The van der Waals surface area contributed by atoms with Crippen molar-refractivity contribution in [2.45, 2.75) is 26.2 Å². The summed E-state index contributed by atoms with van der Waals surface area (Å²) in [5, 5.41) is 3.29. The predicted octanol–water partition coefficient (Wildman–Crippen LogP) is 5.49. The highest BCUT2D eigenvalue weighted by molar-refractivity contribution is 6.34. The van der Waals surface area contributed by atoms with Crippen LogP contribution in [0, 0.1) is 11.7 Å². The van der Waals surface area contributed by atoms with Crippen molar-refractivity contribution in [3.63, 3.8) is 0 Å². The second-order valence-electron chi connectivity index (χ2n) is 8.02. The molecule has 7 heteroatoms. The topological polar surface area (TPSA) is 62.3 Å². The summed E-state index contributed by atoms with van der Waals surface area (Å²) in [6.45, 7) is 2.25. The van der Waals surface area contributed by atoms with E-state index in [1.54, 1.807) is 48.4 Å². The normalized spacial score (nSPS) is 13.0. The average Bonchev–Trinajstić information content (AvgIpc) is 3.59. The summed E-state index contributed by atoms with van der Waals surface area (Å²) in [7, 11) is 0. The first-order chi connectivity index (χ1) is 15.4. The van der Waals surface area contributed by atoms with Crippen LogP contribution in [0.25, 0.3) is 11.3 Å². The monoisotopic (exact) mass is 451 g/mol. The molecule has 1 aromatic heterocycles. The smallest absolute Gasteiger partial charge is 0.228 e. The molecule has 4 rings (SSSR count). The highest BCUT2D eigenvalue weighted by Gasteiger charge is 2.27. The molecule has 0 atom stereocenters. The number of halogens is 2. The Kier molecular flexibility index (Phi) is 6.51. The zero-order valence-electron chi connectivity index (χ0n) is 17.6. The van der Waals surface area contributed by atoms with Crippen molar-refractivity contribution in [3.05, 3.63) is 77.2 Å². The number of pyridine rings is 1. The van der Waals surface area contributed by atoms with Gasteiger partial charge in [-0.1, -0.05) is 29.8 Å². The maximum Gasteiger partial charge on any atom is 0.228 e. The molecular weight excluding hydrogens is 429 g/mol. The predicted molar refractivity (Wildman–Crippen MR) is 124 cm³/mol. The molecule has 0 bridgehead atoms. The van der Waals surface area contributed by atoms with Crippen LogP contribution in [0.1, 0.15) is 25.3 Å². The molecule has 0 spiro atoms. The van der Waals surface area contributed by atoms with Crippen molar-refractivity contribution in [3.8, 4) is 11.3 Å². The summed E-state index contributed by atoms with van der Waals surface area (Å²) >= 11 is 6.51. The van der Waals surface area contributed by atoms with Gasteiger partial charge in [-0.15, -0.1) is 0 Å². The summed E-state index contributed by atoms with van der Waals surface area (Å²) < 4.78 is 13.0. The Balaban J connectivity index is 1.43. The lowest BCUT2D eigenvalue weighted by molar-refractivity contribution is -0.117. The minimum absolute atomic E-state index is 0.0228. The summed E-state index contributed by atoms with van der Waals surface area (Å²) in [6, 6.07) is 14.9. The lowest BCUT2D eigenvalue weighted by Gasteiger charge is -2.22. The molecule has 1 saturated carbocycles. The van der Waals surface area contributed by atoms with Gasteiger partial charge in [0.1, 0.15) is 5.82 Å². The number of nitrogens with one attached hydrogen (secondary N) is 1. The molecule has 164 valence electrons. The molecule has 1 fully saturated rings. The van der Waals surface area contributed by atoms with Gasteiger partial charge in [-0.2, -0.15) is 0 Å². The van der Waals surface area contributed by atoms with Gasteiger partial charge in [0.2, 0.25) is 11.8 Å². The molecule has 0 radical (unpaired) electrons. The molecule has 5 nitrogen and oxygen atoms in total. The van der Waals surface area contributed by atoms with E-state index in [9.17, 15) is 14.0 Å². The van der Waals surface area contributed by atoms with Gasteiger partial charge in [-0.25, -0.2) is 4.39 Å². The van der Waals surface area contributed by atoms with Crippen molar-refractivity contribution in [2.24, 2.45) is 5.92 Å². The highest BCUT2D eigenvalue weighted by Crippen LogP contribution is 2.35. The molecule has 2 aromatic carbocycles.